The molecule has 1 aromatic carbocycles. The van der Waals surface area contributed by atoms with Gasteiger partial charge in [0.05, 0.1) is 30.7 Å². The SMILES string of the molecule is COc1c2ccoc2nc2c(OC)c(OC[C@@H](O)C(C)(C)Cl)ccc12. The molecule has 0 fully saturated rings. The van der Waals surface area contributed by atoms with Crippen LogP contribution in [0.15, 0.2) is 28.9 Å². The number of aliphatic hydroxyl groups excluding tert-OH is 1. The van der Waals surface area contributed by atoms with E-state index >= 15 is 0 Å². The molecule has 1 N–H and O–H groups in total. The van der Waals surface area contributed by atoms with Crippen LogP contribution in [0.1, 0.15) is 13.8 Å². The topological polar surface area (TPSA) is 74.0 Å². The predicted molar refractivity (Wildman–Crippen MR) is 96.1 cm³/mol. The van der Waals surface area contributed by atoms with Crippen molar-refractivity contribution in [2.75, 3.05) is 20.8 Å². The number of aliphatic hydroxyl groups is 1. The van der Waals surface area contributed by atoms with Crippen molar-refractivity contribution in [1.82, 2.24) is 4.98 Å². The minimum absolute atomic E-state index is 0.0263. The van der Waals surface area contributed by atoms with Gasteiger partial charge in [-0.2, -0.15) is 0 Å². The van der Waals surface area contributed by atoms with Crippen LogP contribution < -0.4 is 14.2 Å². The van der Waals surface area contributed by atoms with Crippen molar-refractivity contribution >= 4 is 33.6 Å². The van der Waals surface area contributed by atoms with Crippen molar-refractivity contribution in [2.24, 2.45) is 0 Å². The number of alkyl halides is 1. The lowest BCUT2D eigenvalue weighted by molar-refractivity contribution is 0.0795. The molecule has 2 heterocycles. The number of furan rings is 1. The number of hydrogen-bond acceptors (Lipinski definition) is 6. The maximum Gasteiger partial charge on any atom is 0.230 e. The highest BCUT2D eigenvalue weighted by Crippen LogP contribution is 2.41. The summed E-state index contributed by atoms with van der Waals surface area (Å²) in [5, 5.41) is 11.6. The maximum atomic E-state index is 10.1. The zero-order valence-electron chi connectivity index (χ0n) is 14.5. The lowest BCUT2D eigenvalue weighted by Crippen LogP contribution is -2.35. The lowest BCUT2D eigenvalue weighted by Gasteiger charge is -2.24. The normalized spacial score (nSPS) is 13.2. The molecule has 7 heteroatoms. The Morgan fingerprint density at radius 3 is 2.52 bits per heavy atom. The second kappa shape index (κ2) is 6.61. The summed E-state index contributed by atoms with van der Waals surface area (Å²) >= 11 is 6.11. The van der Waals surface area contributed by atoms with Crippen molar-refractivity contribution in [1.29, 1.82) is 0 Å². The quantitative estimate of drug-likeness (QED) is 0.670. The van der Waals surface area contributed by atoms with E-state index in [2.05, 4.69) is 4.98 Å². The van der Waals surface area contributed by atoms with Gasteiger partial charge in [-0.25, -0.2) is 4.98 Å². The molecule has 3 rings (SSSR count). The summed E-state index contributed by atoms with van der Waals surface area (Å²) in [6.07, 6.45) is 0.714. The van der Waals surface area contributed by atoms with Gasteiger partial charge in [0.25, 0.3) is 0 Å². The number of rotatable bonds is 6. The highest BCUT2D eigenvalue weighted by molar-refractivity contribution is 6.23. The van der Waals surface area contributed by atoms with E-state index in [1.54, 1.807) is 39.4 Å². The van der Waals surface area contributed by atoms with Crippen LogP contribution in [0.4, 0.5) is 0 Å². The van der Waals surface area contributed by atoms with E-state index in [0.717, 1.165) is 10.8 Å². The zero-order chi connectivity index (χ0) is 18.2. The minimum atomic E-state index is -0.843. The summed E-state index contributed by atoms with van der Waals surface area (Å²) in [5.41, 5.74) is 1.00. The second-order valence-corrected chi connectivity index (χ2v) is 7.14. The number of pyridine rings is 1. The molecule has 2 aromatic heterocycles. The maximum absolute atomic E-state index is 10.1. The third-order valence-corrected chi connectivity index (χ3v) is 4.29. The van der Waals surface area contributed by atoms with Gasteiger partial charge < -0.3 is 23.7 Å². The Labute approximate surface area is 150 Å². The molecule has 0 spiro atoms. The van der Waals surface area contributed by atoms with Crippen LogP contribution in [0.5, 0.6) is 17.2 Å². The summed E-state index contributed by atoms with van der Waals surface area (Å²) in [7, 11) is 3.13. The number of ether oxygens (including phenoxy) is 3. The van der Waals surface area contributed by atoms with Crippen molar-refractivity contribution in [3.05, 3.63) is 24.5 Å². The number of nitrogens with zero attached hydrogens (tertiary/aromatic N) is 1. The smallest absolute Gasteiger partial charge is 0.230 e. The van der Waals surface area contributed by atoms with Gasteiger partial charge in [-0.15, -0.1) is 11.6 Å². The lowest BCUT2D eigenvalue weighted by atomic mass is 10.1. The summed E-state index contributed by atoms with van der Waals surface area (Å²) in [5.74, 6) is 1.55. The Morgan fingerprint density at radius 1 is 1.16 bits per heavy atom. The van der Waals surface area contributed by atoms with Crippen LogP contribution in [0.2, 0.25) is 0 Å². The first-order valence-electron chi connectivity index (χ1n) is 7.78. The molecular formula is C18H20ClNO5. The van der Waals surface area contributed by atoms with Crippen LogP contribution in [0, 0.1) is 0 Å². The van der Waals surface area contributed by atoms with Gasteiger partial charge in [0.15, 0.2) is 11.5 Å². The van der Waals surface area contributed by atoms with Crippen LogP contribution in [0.3, 0.4) is 0 Å². The van der Waals surface area contributed by atoms with E-state index in [1.165, 1.54) is 7.11 Å². The number of fused-ring (bicyclic) bond motifs is 2. The molecule has 0 unspecified atom stereocenters. The average molecular weight is 366 g/mol. The number of benzene rings is 1. The Hall–Kier alpha value is -2.18. The number of methoxy groups -OCH3 is 2. The van der Waals surface area contributed by atoms with Crippen molar-refractivity contribution in [3.8, 4) is 17.2 Å². The summed E-state index contributed by atoms with van der Waals surface area (Å²) in [6, 6.07) is 5.39. The van der Waals surface area contributed by atoms with Gasteiger partial charge in [0, 0.05) is 5.39 Å². The van der Waals surface area contributed by atoms with Gasteiger partial charge in [0.1, 0.15) is 24.0 Å². The van der Waals surface area contributed by atoms with Gasteiger partial charge in [-0.05, 0) is 32.0 Å². The molecule has 25 heavy (non-hydrogen) atoms. The zero-order valence-corrected chi connectivity index (χ0v) is 15.3. The van der Waals surface area contributed by atoms with Crippen LogP contribution >= 0.6 is 11.6 Å². The molecule has 134 valence electrons. The highest BCUT2D eigenvalue weighted by Gasteiger charge is 2.26. The van der Waals surface area contributed by atoms with Crippen LogP contribution in [-0.2, 0) is 0 Å². The van der Waals surface area contributed by atoms with E-state index in [9.17, 15) is 5.11 Å². The molecule has 0 amide bonds. The molecule has 3 aromatic rings. The van der Waals surface area contributed by atoms with E-state index in [4.69, 9.17) is 30.2 Å². The first-order chi connectivity index (χ1) is 11.9. The third kappa shape index (κ3) is 3.19. The van der Waals surface area contributed by atoms with Crippen molar-refractivity contribution < 1.29 is 23.7 Å². The molecule has 0 radical (unpaired) electrons. The van der Waals surface area contributed by atoms with E-state index in [-0.39, 0.29) is 6.61 Å². The van der Waals surface area contributed by atoms with Gasteiger partial charge in [0.2, 0.25) is 5.71 Å². The standard InChI is InChI=1S/C18H20ClNO5/c1-18(2,19)13(21)9-25-12-6-5-10-14(16(12)23-4)20-17-11(7-8-24-17)15(10)22-3/h5-8,13,21H,9H2,1-4H3/t13-/m1/s1. The van der Waals surface area contributed by atoms with Gasteiger partial charge in [-0.1, -0.05) is 0 Å². The second-order valence-electron chi connectivity index (χ2n) is 6.17. The Bertz CT molecular complexity index is 900. The molecule has 0 saturated carbocycles. The fourth-order valence-electron chi connectivity index (χ4n) is 2.55. The molecule has 6 nitrogen and oxygen atoms in total. The predicted octanol–water partition coefficient (Wildman–Crippen LogP) is 3.76. The first-order valence-corrected chi connectivity index (χ1v) is 8.16. The number of aromatic nitrogens is 1. The third-order valence-electron chi connectivity index (χ3n) is 4.04. The summed E-state index contributed by atoms with van der Waals surface area (Å²) in [4.78, 5) is 3.71. The molecular weight excluding hydrogens is 346 g/mol. The van der Waals surface area contributed by atoms with Gasteiger partial charge >= 0.3 is 0 Å². The Kier molecular flexibility index (Phi) is 4.67. The molecule has 0 aliphatic rings. The fourth-order valence-corrected chi connectivity index (χ4v) is 2.61. The number of halogens is 1. The molecule has 1 atom stereocenters. The minimum Gasteiger partial charge on any atom is -0.495 e. The average Bonchev–Trinajstić information content (AvgIpc) is 3.04. The van der Waals surface area contributed by atoms with Crippen LogP contribution in [0.25, 0.3) is 22.0 Å². The molecule has 0 aliphatic heterocycles. The Balaban J connectivity index is 2.08. The van der Waals surface area contributed by atoms with E-state index < -0.39 is 11.0 Å². The number of hydrogen-bond donors (Lipinski definition) is 1. The summed E-state index contributed by atoms with van der Waals surface area (Å²) < 4.78 is 22.2. The van der Waals surface area contributed by atoms with E-state index in [1.807, 2.05) is 6.07 Å². The van der Waals surface area contributed by atoms with Crippen molar-refractivity contribution in [2.45, 2.75) is 24.8 Å². The van der Waals surface area contributed by atoms with Gasteiger partial charge in [-0.3, -0.25) is 0 Å². The monoisotopic (exact) mass is 365 g/mol. The molecule has 0 bridgehead atoms. The van der Waals surface area contributed by atoms with Crippen LogP contribution in [-0.4, -0.2) is 41.9 Å². The Morgan fingerprint density at radius 2 is 1.88 bits per heavy atom. The largest absolute Gasteiger partial charge is 0.495 e. The summed E-state index contributed by atoms with van der Waals surface area (Å²) in [6.45, 7) is 3.47. The van der Waals surface area contributed by atoms with E-state index in [0.29, 0.717) is 28.5 Å². The van der Waals surface area contributed by atoms with Crippen molar-refractivity contribution in [3.63, 3.8) is 0 Å². The highest BCUT2D eigenvalue weighted by atomic mass is 35.5. The fraction of sp³-hybridized carbons (Fsp3) is 0.389. The first kappa shape index (κ1) is 17.6. The molecule has 0 aliphatic carbocycles. The molecule has 0 saturated heterocycles.